The molecule has 94 valence electrons. The van der Waals surface area contributed by atoms with Crippen LogP contribution in [0.4, 0.5) is 0 Å². The molecule has 5 heteroatoms. The molecule has 0 fully saturated rings. The maximum Gasteiger partial charge on any atom is 0.252 e. The summed E-state index contributed by atoms with van der Waals surface area (Å²) in [6.07, 6.45) is -0.586. The van der Waals surface area contributed by atoms with Gasteiger partial charge in [-0.15, -0.1) is 0 Å². The Morgan fingerprint density at radius 3 is 2.94 bits per heavy atom. The van der Waals surface area contributed by atoms with Crippen molar-refractivity contribution in [1.82, 2.24) is 10.3 Å². The number of hydrogen-bond acceptors (Lipinski definition) is 3. The quantitative estimate of drug-likeness (QED) is 0.834. The molecule has 0 unspecified atom stereocenters. The van der Waals surface area contributed by atoms with E-state index >= 15 is 0 Å². The van der Waals surface area contributed by atoms with E-state index in [4.69, 9.17) is 16.7 Å². The molecule has 0 bridgehead atoms. The SMILES string of the molecule is C[C@@H](O)CNC(=O)c1cc(Cl)nc2ccccc12. The van der Waals surface area contributed by atoms with Crippen LogP contribution in [0.5, 0.6) is 0 Å². The number of pyridine rings is 1. The fraction of sp³-hybridized carbons (Fsp3) is 0.231. The van der Waals surface area contributed by atoms with Gasteiger partial charge in [-0.25, -0.2) is 4.98 Å². The fourth-order valence-corrected chi connectivity index (χ4v) is 1.87. The Morgan fingerprint density at radius 2 is 2.22 bits per heavy atom. The molecule has 1 atom stereocenters. The fourth-order valence-electron chi connectivity index (χ4n) is 1.67. The summed E-state index contributed by atoms with van der Waals surface area (Å²) in [6.45, 7) is 1.81. The number of halogens is 1. The monoisotopic (exact) mass is 264 g/mol. The van der Waals surface area contributed by atoms with Crippen molar-refractivity contribution >= 4 is 28.4 Å². The molecule has 0 aliphatic heterocycles. The molecule has 2 N–H and O–H groups in total. The molecule has 2 rings (SSSR count). The van der Waals surface area contributed by atoms with Gasteiger partial charge in [-0.1, -0.05) is 29.8 Å². The van der Waals surface area contributed by atoms with E-state index in [9.17, 15) is 4.79 Å². The number of rotatable bonds is 3. The topological polar surface area (TPSA) is 62.2 Å². The van der Waals surface area contributed by atoms with Gasteiger partial charge in [0.2, 0.25) is 0 Å². The molecule has 1 amide bonds. The van der Waals surface area contributed by atoms with Gasteiger partial charge >= 0.3 is 0 Å². The highest BCUT2D eigenvalue weighted by molar-refractivity contribution is 6.30. The van der Waals surface area contributed by atoms with E-state index in [2.05, 4.69) is 10.3 Å². The van der Waals surface area contributed by atoms with Crippen LogP contribution < -0.4 is 5.32 Å². The Bertz CT molecular complexity index is 584. The summed E-state index contributed by atoms with van der Waals surface area (Å²) >= 11 is 5.89. The number of benzene rings is 1. The van der Waals surface area contributed by atoms with Gasteiger partial charge in [0.25, 0.3) is 5.91 Å². The molecule has 0 saturated heterocycles. The van der Waals surface area contributed by atoms with Crippen LogP contribution in [0.2, 0.25) is 5.15 Å². The molecule has 1 aromatic heterocycles. The summed E-state index contributed by atoms with van der Waals surface area (Å²) in [5.41, 5.74) is 1.14. The van der Waals surface area contributed by atoms with Gasteiger partial charge in [0.15, 0.2) is 0 Å². The summed E-state index contributed by atoms with van der Waals surface area (Å²) in [5.74, 6) is -0.267. The molecule has 0 radical (unpaired) electrons. The van der Waals surface area contributed by atoms with Gasteiger partial charge in [0, 0.05) is 11.9 Å². The number of hydrogen-bond donors (Lipinski definition) is 2. The number of carbonyl (C=O) groups excluding carboxylic acids is 1. The normalized spacial score (nSPS) is 12.4. The lowest BCUT2D eigenvalue weighted by Gasteiger charge is -2.09. The smallest absolute Gasteiger partial charge is 0.252 e. The lowest BCUT2D eigenvalue weighted by molar-refractivity contribution is 0.0925. The van der Waals surface area contributed by atoms with Crippen molar-refractivity contribution in [3.63, 3.8) is 0 Å². The summed E-state index contributed by atoms with van der Waals surface area (Å²) in [7, 11) is 0. The zero-order valence-electron chi connectivity index (χ0n) is 9.85. The van der Waals surface area contributed by atoms with Gasteiger partial charge in [-0.05, 0) is 19.1 Å². The number of para-hydroxylation sites is 1. The van der Waals surface area contributed by atoms with Crippen LogP contribution in [-0.4, -0.2) is 28.6 Å². The Morgan fingerprint density at radius 1 is 1.50 bits per heavy atom. The second-order valence-corrected chi connectivity index (χ2v) is 4.46. The number of nitrogens with one attached hydrogen (secondary N) is 1. The van der Waals surface area contributed by atoms with Crippen molar-refractivity contribution in [2.45, 2.75) is 13.0 Å². The Labute approximate surface area is 110 Å². The molecule has 1 heterocycles. The van der Waals surface area contributed by atoms with Crippen molar-refractivity contribution in [3.05, 3.63) is 41.0 Å². The predicted octanol–water partition coefficient (Wildman–Crippen LogP) is 2.00. The van der Waals surface area contributed by atoms with Crippen LogP contribution in [0.1, 0.15) is 17.3 Å². The van der Waals surface area contributed by atoms with Crippen molar-refractivity contribution in [2.75, 3.05) is 6.54 Å². The third kappa shape index (κ3) is 2.78. The van der Waals surface area contributed by atoms with E-state index in [-0.39, 0.29) is 17.6 Å². The highest BCUT2D eigenvalue weighted by Gasteiger charge is 2.12. The minimum absolute atomic E-state index is 0.201. The molecule has 0 aliphatic rings. The maximum atomic E-state index is 12.0. The first kappa shape index (κ1) is 12.8. The molecule has 4 nitrogen and oxygen atoms in total. The summed E-state index contributed by atoms with van der Waals surface area (Å²) < 4.78 is 0. The van der Waals surface area contributed by atoms with Crippen molar-refractivity contribution < 1.29 is 9.90 Å². The predicted molar refractivity (Wildman–Crippen MR) is 70.8 cm³/mol. The summed E-state index contributed by atoms with van der Waals surface area (Å²) in [4.78, 5) is 16.2. The molecule has 0 saturated carbocycles. The molecule has 0 aliphatic carbocycles. The van der Waals surface area contributed by atoms with E-state index in [1.807, 2.05) is 18.2 Å². The van der Waals surface area contributed by atoms with Gasteiger partial charge in [0.1, 0.15) is 5.15 Å². The minimum Gasteiger partial charge on any atom is -0.392 e. The lowest BCUT2D eigenvalue weighted by atomic mass is 10.1. The number of carbonyl (C=O) groups is 1. The van der Waals surface area contributed by atoms with Crippen molar-refractivity contribution in [2.24, 2.45) is 0 Å². The Hall–Kier alpha value is -1.65. The van der Waals surface area contributed by atoms with Crippen LogP contribution >= 0.6 is 11.6 Å². The first-order valence-corrected chi connectivity index (χ1v) is 5.97. The molecule has 2 aromatic rings. The van der Waals surface area contributed by atoms with Gasteiger partial charge < -0.3 is 10.4 Å². The van der Waals surface area contributed by atoms with Crippen molar-refractivity contribution in [3.8, 4) is 0 Å². The van der Waals surface area contributed by atoms with Crippen LogP contribution in [0, 0.1) is 0 Å². The van der Waals surface area contributed by atoms with E-state index < -0.39 is 6.10 Å². The highest BCUT2D eigenvalue weighted by atomic mass is 35.5. The number of aliphatic hydroxyl groups excluding tert-OH is 1. The summed E-state index contributed by atoms with van der Waals surface area (Å²) in [5, 5.41) is 12.8. The third-order valence-electron chi connectivity index (χ3n) is 2.49. The van der Waals surface area contributed by atoms with E-state index in [0.29, 0.717) is 11.1 Å². The van der Waals surface area contributed by atoms with Crippen LogP contribution in [0.3, 0.4) is 0 Å². The first-order chi connectivity index (χ1) is 8.58. The number of fused-ring (bicyclic) bond motifs is 1. The average Bonchev–Trinajstić information content (AvgIpc) is 2.34. The van der Waals surface area contributed by atoms with Gasteiger partial charge in [0.05, 0.1) is 17.2 Å². The van der Waals surface area contributed by atoms with Crippen LogP contribution in [0.25, 0.3) is 10.9 Å². The number of nitrogens with zero attached hydrogens (tertiary/aromatic N) is 1. The molecule has 0 spiro atoms. The first-order valence-electron chi connectivity index (χ1n) is 5.59. The van der Waals surface area contributed by atoms with E-state index in [1.54, 1.807) is 13.0 Å². The molecular weight excluding hydrogens is 252 g/mol. The average molecular weight is 265 g/mol. The van der Waals surface area contributed by atoms with Crippen LogP contribution in [-0.2, 0) is 0 Å². The second-order valence-electron chi connectivity index (χ2n) is 4.07. The molecular formula is C13H13ClN2O2. The number of amides is 1. The third-order valence-corrected chi connectivity index (χ3v) is 2.68. The largest absolute Gasteiger partial charge is 0.392 e. The lowest BCUT2D eigenvalue weighted by Crippen LogP contribution is -2.30. The van der Waals surface area contributed by atoms with E-state index in [0.717, 1.165) is 5.39 Å². The zero-order chi connectivity index (χ0) is 13.1. The Balaban J connectivity index is 2.40. The van der Waals surface area contributed by atoms with E-state index in [1.165, 1.54) is 6.07 Å². The highest BCUT2D eigenvalue weighted by Crippen LogP contribution is 2.20. The maximum absolute atomic E-state index is 12.0. The zero-order valence-corrected chi connectivity index (χ0v) is 10.6. The standard InChI is InChI=1S/C13H13ClN2O2/c1-8(17)7-15-13(18)10-6-12(14)16-11-5-3-2-4-9(10)11/h2-6,8,17H,7H2,1H3,(H,15,18)/t8-/m1/s1. The number of aliphatic hydroxyl groups is 1. The van der Waals surface area contributed by atoms with Crippen molar-refractivity contribution in [1.29, 1.82) is 0 Å². The van der Waals surface area contributed by atoms with Crippen LogP contribution in [0.15, 0.2) is 30.3 Å². The second kappa shape index (κ2) is 5.33. The minimum atomic E-state index is -0.586. The number of aromatic nitrogens is 1. The van der Waals surface area contributed by atoms with Gasteiger partial charge in [-0.2, -0.15) is 0 Å². The van der Waals surface area contributed by atoms with Gasteiger partial charge in [-0.3, -0.25) is 4.79 Å². The molecule has 1 aromatic carbocycles. The Kier molecular flexibility index (Phi) is 3.79. The summed E-state index contributed by atoms with van der Waals surface area (Å²) in [6, 6.07) is 8.82. The molecule has 18 heavy (non-hydrogen) atoms.